The summed E-state index contributed by atoms with van der Waals surface area (Å²) in [7, 11) is -3.41. The van der Waals surface area contributed by atoms with E-state index in [9.17, 15) is 8.42 Å². The van der Waals surface area contributed by atoms with Crippen molar-refractivity contribution in [3.8, 4) is 6.07 Å². The predicted molar refractivity (Wildman–Crippen MR) is 60.1 cm³/mol. The molecule has 2 fully saturated rings. The van der Waals surface area contributed by atoms with Crippen LogP contribution in [0.3, 0.4) is 0 Å². The highest BCUT2D eigenvalue weighted by atomic mass is 32.2. The Morgan fingerprint density at radius 2 is 2.25 bits per heavy atom. The van der Waals surface area contributed by atoms with E-state index in [2.05, 4.69) is 5.32 Å². The molecule has 1 N–H and O–H groups in total. The van der Waals surface area contributed by atoms with E-state index in [4.69, 9.17) is 5.26 Å². The van der Waals surface area contributed by atoms with E-state index in [1.165, 1.54) is 11.2 Å². The van der Waals surface area contributed by atoms with Gasteiger partial charge in [0.2, 0.25) is 10.0 Å². The zero-order valence-electron chi connectivity index (χ0n) is 9.39. The van der Waals surface area contributed by atoms with Crippen molar-refractivity contribution < 1.29 is 8.42 Å². The van der Waals surface area contributed by atoms with Crippen molar-refractivity contribution in [2.24, 2.45) is 5.92 Å². The standard InChI is InChI=1S/C10H17N3O2S/c1-8(5-11)16(14,15)13-6-9-3-2-4-12-10(9)7-13/h8-10,12H,2-4,6-7H2,1H3/t8?,9-,10+/m0/s1. The summed E-state index contributed by atoms with van der Waals surface area (Å²) in [4.78, 5) is 0. The fraction of sp³-hybridized carbons (Fsp3) is 0.900. The molecule has 2 heterocycles. The summed E-state index contributed by atoms with van der Waals surface area (Å²) < 4.78 is 25.4. The Balaban J connectivity index is 2.11. The zero-order valence-corrected chi connectivity index (χ0v) is 10.2. The number of fused-ring (bicyclic) bond motifs is 1. The van der Waals surface area contributed by atoms with Gasteiger partial charge in [-0.25, -0.2) is 8.42 Å². The topological polar surface area (TPSA) is 73.2 Å². The third-order valence-corrected chi connectivity index (χ3v) is 5.57. The lowest BCUT2D eigenvalue weighted by Gasteiger charge is -2.24. The van der Waals surface area contributed by atoms with E-state index in [0.29, 0.717) is 19.0 Å². The number of nitriles is 1. The van der Waals surface area contributed by atoms with Gasteiger partial charge in [-0.05, 0) is 32.2 Å². The van der Waals surface area contributed by atoms with Crippen LogP contribution in [-0.2, 0) is 10.0 Å². The minimum atomic E-state index is -3.41. The molecule has 0 aromatic heterocycles. The highest BCUT2D eigenvalue weighted by Crippen LogP contribution is 2.27. The van der Waals surface area contributed by atoms with Gasteiger partial charge in [0.1, 0.15) is 0 Å². The monoisotopic (exact) mass is 243 g/mol. The van der Waals surface area contributed by atoms with Gasteiger partial charge in [0.15, 0.2) is 5.25 Å². The maximum atomic E-state index is 12.0. The number of rotatable bonds is 2. The molecule has 90 valence electrons. The molecule has 6 heteroatoms. The van der Waals surface area contributed by atoms with Gasteiger partial charge in [-0.2, -0.15) is 9.57 Å². The fourth-order valence-electron chi connectivity index (χ4n) is 2.51. The van der Waals surface area contributed by atoms with Crippen molar-refractivity contribution in [1.82, 2.24) is 9.62 Å². The normalized spacial score (nSPS) is 33.0. The lowest BCUT2D eigenvalue weighted by Crippen LogP contribution is -2.41. The second kappa shape index (κ2) is 4.32. The summed E-state index contributed by atoms with van der Waals surface area (Å²) >= 11 is 0. The van der Waals surface area contributed by atoms with Crippen LogP contribution in [0.25, 0.3) is 0 Å². The van der Waals surface area contributed by atoms with Crippen molar-refractivity contribution in [2.45, 2.75) is 31.1 Å². The van der Waals surface area contributed by atoms with Crippen LogP contribution in [0.15, 0.2) is 0 Å². The van der Waals surface area contributed by atoms with Gasteiger partial charge in [0.05, 0.1) is 6.07 Å². The molecule has 2 saturated heterocycles. The molecule has 1 unspecified atom stereocenters. The molecule has 2 rings (SSSR count). The van der Waals surface area contributed by atoms with Gasteiger partial charge in [-0.1, -0.05) is 0 Å². The lowest BCUT2D eigenvalue weighted by molar-refractivity contribution is 0.339. The van der Waals surface area contributed by atoms with Crippen molar-refractivity contribution >= 4 is 10.0 Å². The Bertz CT molecular complexity index is 387. The second-order valence-corrected chi connectivity index (χ2v) is 6.85. The summed E-state index contributed by atoms with van der Waals surface area (Å²) in [5.74, 6) is 0.425. The molecule has 0 aromatic rings. The van der Waals surface area contributed by atoms with E-state index < -0.39 is 15.3 Å². The molecule has 0 amide bonds. The van der Waals surface area contributed by atoms with Gasteiger partial charge in [0, 0.05) is 19.1 Å². The minimum Gasteiger partial charge on any atom is -0.312 e. The van der Waals surface area contributed by atoms with Crippen LogP contribution in [0, 0.1) is 17.2 Å². The zero-order chi connectivity index (χ0) is 11.8. The van der Waals surface area contributed by atoms with E-state index in [0.717, 1.165) is 19.4 Å². The molecule has 5 nitrogen and oxygen atoms in total. The van der Waals surface area contributed by atoms with Crippen LogP contribution < -0.4 is 5.32 Å². The van der Waals surface area contributed by atoms with Crippen molar-refractivity contribution in [2.75, 3.05) is 19.6 Å². The van der Waals surface area contributed by atoms with E-state index in [1.54, 1.807) is 0 Å². The highest BCUT2D eigenvalue weighted by Gasteiger charge is 2.41. The first kappa shape index (κ1) is 11.8. The Morgan fingerprint density at radius 3 is 2.88 bits per heavy atom. The van der Waals surface area contributed by atoms with Crippen LogP contribution in [0.5, 0.6) is 0 Å². The van der Waals surface area contributed by atoms with Crippen LogP contribution in [0.4, 0.5) is 0 Å². The summed E-state index contributed by atoms with van der Waals surface area (Å²) in [5, 5.41) is 11.1. The van der Waals surface area contributed by atoms with Crippen LogP contribution in [0.2, 0.25) is 0 Å². The first-order chi connectivity index (χ1) is 7.55. The van der Waals surface area contributed by atoms with Crippen molar-refractivity contribution in [1.29, 1.82) is 5.26 Å². The molecule has 2 aliphatic heterocycles. The summed E-state index contributed by atoms with van der Waals surface area (Å²) in [6.07, 6.45) is 2.20. The van der Waals surface area contributed by atoms with Gasteiger partial charge >= 0.3 is 0 Å². The number of hydrogen-bond acceptors (Lipinski definition) is 4. The number of nitrogens with one attached hydrogen (secondary N) is 1. The molecule has 16 heavy (non-hydrogen) atoms. The first-order valence-corrected chi connectivity index (χ1v) is 7.18. The second-order valence-electron chi connectivity index (χ2n) is 4.60. The predicted octanol–water partition coefficient (Wildman–Crippen LogP) is -0.0879. The van der Waals surface area contributed by atoms with Gasteiger partial charge in [-0.3, -0.25) is 0 Å². The smallest absolute Gasteiger partial charge is 0.230 e. The maximum Gasteiger partial charge on any atom is 0.230 e. The molecule has 0 spiro atoms. The Hall–Kier alpha value is -0.640. The number of sulfonamides is 1. The summed E-state index contributed by atoms with van der Waals surface area (Å²) in [6, 6.07) is 2.10. The third kappa shape index (κ3) is 1.95. The molecule has 0 aliphatic carbocycles. The average molecular weight is 243 g/mol. The fourth-order valence-corrected chi connectivity index (χ4v) is 3.85. The molecule has 2 aliphatic rings. The van der Waals surface area contributed by atoms with Crippen LogP contribution in [0.1, 0.15) is 19.8 Å². The number of piperidine rings is 1. The van der Waals surface area contributed by atoms with Gasteiger partial charge in [0.25, 0.3) is 0 Å². The summed E-state index contributed by atoms with van der Waals surface area (Å²) in [6.45, 7) is 3.53. The average Bonchev–Trinajstić information content (AvgIpc) is 2.72. The maximum absolute atomic E-state index is 12.0. The Kier molecular flexibility index (Phi) is 3.19. The molecule has 0 aromatic carbocycles. The SMILES string of the molecule is CC(C#N)S(=O)(=O)N1C[C@@H]2CCCN[C@@H]2C1. The van der Waals surface area contributed by atoms with Crippen molar-refractivity contribution in [3.05, 3.63) is 0 Å². The molecule has 0 bridgehead atoms. The van der Waals surface area contributed by atoms with Crippen LogP contribution >= 0.6 is 0 Å². The molecule has 3 atom stereocenters. The lowest BCUT2D eigenvalue weighted by atomic mass is 9.94. The van der Waals surface area contributed by atoms with Gasteiger partial charge in [-0.15, -0.1) is 0 Å². The first-order valence-electron chi connectivity index (χ1n) is 5.67. The van der Waals surface area contributed by atoms with Gasteiger partial charge < -0.3 is 5.32 Å². The quantitative estimate of drug-likeness (QED) is 0.736. The minimum absolute atomic E-state index is 0.286. The molecule has 0 radical (unpaired) electrons. The number of nitrogens with zero attached hydrogens (tertiary/aromatic N) is 2. The van der Waals surface area contributed by atoms with E-state index in [-0.39, 0.29) is 6.04 Å². The van der Waals surface area contributed by atoms with Crippen molar-refractivity contribution in [3.63, 3.8) is 0 Å². The summed E-state index contributed by atoms with van der Waals surface area (Å²) in [5.41, 5.74) is 0. The molecule has 0 saturated carbocycles. The largest absolute Gasteiger partial charge is 0.312 e. The molecular weight excluding hydrogens is 226 g/mol. The van der Waals surface area contributed by atoms with Crippen LogP contribution in [-0.4, -0.2) is 43.6 Å². The Morgan fingerprint density at radius 1 is 1.50 bits per heavy atom. The Labute approximate surface area is 96.5 Å². The highest BCUT2D eigenvalue weighted by molar-refractivity contribution is 7.90. The number of hydrogen-bond donors (Lipinski definition) is 1. The van der Waals surface area contributed by atoms with E-state index in [1.807, 2.05) is 6.07 Å². The van der Waals surface area contributed by atoms with E-state index >= 15 is 0 Å². The molecular formula is C10H17N3O2S. The third-order valence-electron chi connectivity index (χ3n) is 3.55.